The van der Waals surface area contributed by atoms with E-state index in [1.54, 1.807) is 5.57 Å². The van der Waals surface area contributed by atoms with Gasteiger partial charge in [-0.2, -0.15) is 0 Å². The Labute approximate surface area is 88.5 Å². The highest BCUT2D eigenvalue weighted by molar-refractivity contribution is 9.18. The number of aliphatic imine (C=N–C) groups is 1. The summed E-state index contributed by atoms with van der Waals surface area (Å²) < 4.78 is 1.06. The average Bonchev–Trinajstić information content (AvgIpc) is 2.46. The second-order valence-corrected chi connectivity index (χ2v) is 4.81. The van der Waals surface area contributed by atoms with Gasteiger partial charge in [0.2, 0.25) is 0 Å². The summed E-state index contributed by atoms with van der Waals surface area (Å²) >= 11 is 3.47. The van der Waals surface area contributed by atoms with Crippen molar-refractivity contribution in [3.05, 3.63) is 11.6 Å². The molecule has 0 aromatic heterocycles. The average molecular weight is 242 g/mol. The van der Waals surface area contributed by atoms with Crippen LogP contribution in [0.15, 0.2) is 16.6 Å². The van der Waals surface area contributed by atoms with E-state index in [1.807, 2.05) is 0 Å². The first-order valence-electron chi connectivity index (χ1n) is 5.30. The number of nitrogens with zero attached hydrogens (tertiary/aromatic N) is 1. The summed E-state index contributed by atoms with van der Waals surface area (Å²) in [6.07, 6.45) is 11.7. The molecule has 13 heavy (non-hydrogen) atoms. The van der Waals surface area contributed by atoms with Gasteiger partial charge in [-0.15, -0.1) is 0 Å². The minimum atomic E-state index is 0.521. The largest absolute Gasteiger partial charge is 0.270 e. The molecule has 1 aliphatic carbocycles. The third-order valence-electron chi connectivity index (χ3n) is 2.95. The minimum absolute atomic E-state index is 0.521. The van der Waals surface area contributed by atoms with E-state index < -0.39 is 0 Å². The van der Waals surface area contributed by atoms with E-state index in [-0.39, 0.29) is 0 Å². The zero-order chi connectivity index (χ0) is 9.10. The van der Waals surface area contributed by atoms with Gasteiger partial charge < -0.3 is 0 Å². The third-order valence-corrected chi connectivity index (χ3v) is 3.39. The Morgan fingerprint density at radius 3 is 2.85 bits per heavy atom. The molecule has 0 aromatic carbocycles. The molecule has 1 heterocycles. The first-order chi connectivity index (χ1) is 6.36. The van der Waals surface area contributed by atoms with Gasteiger partial charge in [0.1, 0.15) is 4.62 Å². The van der Waals surface area contributed by atoms with Crippen LogP contribution in [0.5, 0.6) is 0 Å². The predicted molar refractivity (Wildman–Crippen MR) is 60.6 cm³/mol. The van der Waals surface area contributed by atoms with Gasteiger partial charge in [0.05, 0.1) is 6.04 Å². The van der Waals surface area contributed by atoms with E-state index >= 15 is 0 Å². The number of fused-ring (bicyclic) bond motifs is 1. The molecule has 0 saturated heterocycles. The Morgan fingerprint density at radius 1 is 1.15 bits per heavy atom. The smallest absolute Gasteiger partial charge is 0.101 e. The van der Waals surface area contributed by atoms with Crippen LogP contribution in [0.3, 0.4) is 0 Å². The van der Waals surface area contributed by atoms with Crippen molar-refractivity contribution in [2.45, 2.75) is 51.0 Å². The van der Waals surface area contributed by atoms with Gasteiger partial charge in [0, 0.05) is 0 Å². The predicted octanol–water partition coefficient (Wildman–Crippen LogP) is 3.83. The lowest BCUT2D eigenvalue weighted by molar-refractivity contribution is 0.604. The maximum Gasteiger partial charge on any atom is 0.101 e. The SMILES string of the molecule is BrC1=NC2CCCCCCCC2=C1. The van der Waals surface area contributed by atoms with Crippen molar-refractivity contribution in [2.24, 2.45) is 4.99 Å². The lowest BCUT2D eigenvalue weighted by Gasteiger charge is -2.09. The summed E-state index contributed by atoms with van der Waals surface area (Å²) in [5.41, 5.74) is 1.56. The molecule has 2 rings (SSSR count). The molecule has 1 saturated carbocycles. The number of halogens is 1. The molecule has 72 valence electrons. The van der Waals surface area contributed by atoms with Gasteiger partial charge in [-0.3, -0.25) is 4.99 Å². The maximum atomic E-state index is 4.59. The van der Waals surface area contributed by atoms with Crippen LogP contribution >= 0.6 is 15.9 Å². The number of hydrogen-bond acceptors (Lipinski definition) is 1. The molecule has 0 aromatic rings. The molecule has 1 atom stereocenters. The van der Waals surface area contributed by atoms with Crippen molar-refractivity contribution in [1.82, 2.24) is 0 Å². The summed E-state index contributed by atoms with van der Waals surface area (Å²) in [5, 5.41) is 0. The first-order valence-corrected chi connectivity index (χ1v) is 6.09. The van der Waals surface area contributed by atoms with Crippen LogP contribution in [-0.4, -0.2) is 10.7 Å². The number of allylic oxidation sites excluding steroid dienone is 1. The molecule has 1 fully saturated rings. The highest BCUT2D eigenvalue weighted by Gasteiger charge is 2.19. The molecule has 1 nitrogen and oxygen atoms in total. The Hall–Kier alpha value is -0.110. The van der Waals surface area contributed by atoms with Crippen molar-refractivity contribution >= 4 is 20.6 Å². The third kappa shape index (κ3) is 2.43. The lowest BCUT2D eigenvalue weighted by atomic mass is 10.0. The molecule has 1 aliphatic heterocycles. The first kappa shape index (κ1) is 9.45. The minimum Gasteiger partial charge on any atom is -0.270 e. The molecule has 2 heteroatoms. The second-order valence-electron chi connectivity index (χ2n) is 3.99. The quantitative estimate of drug-likeness (QED) is 0.612. The van der Waals surface area contributed by atoms with E-state index in [0.29, 0.717) is 6.04 Å². The van der Waals surface area contributed by atoms with Crippen LogP contribution in [0.4, 0.5) is 0 Å². The zero-order valence-electron chi connectivity index (χ0n) is 7.93. The fourth-order valence-electron chi connectivity index (χ4n) is 2.20. The summed E-state index contributed by atoms with van der Waals surface area (Å²) in [7, 11) is 0. The summed E-state index contributed by atoms with van der Waals surface area (Å²) in [6, 6.07) is 0.521. The lowest BCUT2D eigenvalue weighted by Crippen LogP contribution is -2.04. The topological polar surface area (TPSA) is 12.4 Å². The Morgan fingerprint density at radius 2 is 1.92 bits per heavy atom. The van der Waals surface area contributed by atoms with Crippen LogP contribution < -0.4 is 0 Å². The molecule has 1 unspecified atom stereocenters. The normalized spacial score (nSPS) is 29.5. The molecular weight excluding hydrogens is 226 g/mol. The highest BCUT2D eigenvalue weighted by atomic mass is 79.9. The highest BCUT2D eigenvalue weighted by Crippen LogP contribution is 2.28. The van der Waals surface area contributed by atoms with Crippen LogP contribution in [0, 0.1) is 0 Å². The zero-order valence-corrected chi connectivity index (χ0v) is 9.52. The van der Waals surface area contributed by atoms with Crippen LogP contribution in [0.25, 0.3) is 0 Å². The van der Waals surface area contributed by atoms with E-state index in [1.165, 1.54) is 44.9 Å². The van der Waals surface area contributed by atoms with E-state index in [4.69, 9.17) is 0 Å². The fourth-order valence-corrected chi connectivity index (χ4v) is 2.75. The molecule has 0 N–H and O–H groups in total. The van der Waals surface area contributed by atoms with E-state index in [2.05, 4.69) is 27.0 Å². The van der Waals surface area contributed by atoms with Crippen molar-refractivity contribution < 1.29 is 0 Å². The molecule has 2 aliphatic rings. The Kier molecular flexibility index (Phi) is 3.20. The van der Waals surface area contributed by atoms with Gasteiger partial charge in [-0.1, -0.05) is 25.7 Å². The van der Waals surface area contributed by atoms with Crippen molar-refractivity contribution in [1.29, 1.82) is 0 Å². The molecular formula is C11H16BrN. The summed E-state index contributed by atoms with van der Waals surface area (Å²) in [4.78, 5) is 4.59. The van der Waals surface area contributed by atoms with Crippen molar-refractivity contribution in [3.8, 4) is 0 Å². The summed E-state index contributed by atoms with van der Waals surface area (Å²) in [6.45, 7) is 0. The molecule has 0 amide bonds. The van der Waals surface area contributed by atoms with E-state index in [0.717, 1.165) is 4.62 Å². The van der Waals surface area contributed by atoms with Gasteiger partial charge in [-0.05, 0) is 46.8 Å². The Balaban J connectivity index is 2.03. The van der Waals surface area contributed by atoms with Gasteiger partial charge in [-0.25, -0.2) is 0 Å². The molecule has 0 radical (unpaired) electrons. The van der Waals surface area contributed by atoms with Crippen molar-refractivity contribution in [3.63, 3.8) is 0 Å². The standard InChI is InChI=1S/C11H16BrN/c12-11-8-9-6-4-2-1-3-5-7-10(9)13-11/h8,10H,1-7H2. The maximum absolute atomic E-state index is 4.59. The summed E-state index contributed by atoms with van der Waals surface area (Å²) in [5.74, 6) is 0. The second kappa shape index (κ2) is 4.41. The number of hydrogen-bond donors (Lipinski definition) is 0. The van der Waals surface area contributed by atoms with Gasteiger partial charge >= 0.3 is 0 Å². The number of rotatable bonds is 0. The van der Waals surface area contributed by atoms with Crippen LogP contribution in [-0.2, 0) is 0 Å². The molecule has 0 spiro atoms. The van der Waals surface area contributed by atoms with Crippen molar-refractivity contribution in [2.75, 3.05) is 0 Å². The van der Waals surface area contributed by atoms with Crippen LogP contribution in [0.2, 0.25) is 0 Å². The molecule has 0 bridgehead atoms. The fraction of sp³-hybridized carbons (Fsp3) is 0.727. The van der Waals surface area contributed by atoms with Crippen LogP contribution in [0.1, 0.15) is 44.9 Å². The Bertz CT molecular complexity index is 242. The van der Waals surface area contributed by atoms with Gasteiger partial charge in [0.15, 0.2) is 0 Å². The van der Waals surface area contributed by atoms with E-state index in [9.17, 15) is 0 Å². The monoisotopic (exact) mass is 241 g/mol. The van der Waals surface area contributed by atoms with Gasteiger partial charge in [0.25, 0.3) is 0 Å².